The van der Waals surface area contributed by atoms with Crippen molar-refractivity contribution in [2.24, 2.45) is 4.99 Å². The first-order chi connectivity index (χ1) is 9.11. The second kappa shape index (κ2) is 6.27. The zero-order valence-electron chi connectivity index (χ0n) is 11.7. The number of hydrogen-bond donors (Lipinski definition) is 2. The molecular formula is C12H21N5OS. The van der Waals surface area contributed by atoms with Crippen LogP contribution in [0.4, 0.5) is 0 Å². The van der Waals surface area contributed by atoms with E-state index in [1.165, 1.54) is 18.6 Å². The van der Waals surface area contributed by atoms with Gasteiger partial charge in [0.1, 0.15) is 0 Å². The Kier molecular flexibility index (Phi) is 4.68. The Bertz CT molecular complexity index is 439. The van der Waals surface area contributed by atoms with Crippen LogP contribution in [0.25, 0.3) is 0 Å². The van der Waals surface area contributed by atoms with E-state index in [1.54, 1.807) is 14.0 Å². The van der Waals surface area contributed by atoms with E-state index in [1.807, 2.05) is 11.8 Å². The number of thioether (sulfide) groups is 1. The summed E-state index contributed by atoms with van der Waals surface area (Å²) in [6.07, 6.45) is 2.56. The van der Waals surface area contributed by atoms with Gasteiger partial charge >= 0.3 is 0 Å². The molecule has 1 aromatic heterocycles. The Morgan fingerprint density at radius 3 is 2.95 bits per heavy atom. The van der Waals surface area contributed by atoms with Gasteiger partial charge in [-0.1, -0.05) is 5.16 Å². The Labute approximate surface area is 117 Å². The molecule has 6 nitrogen and oxygen atoms in total. The molecular weight excluding hydrogens is 262 g/mol. The standard InChI is InChI=1S/C12H21N5OS/c1-9-16-10(18-17-9)7-14-11(13-3)15-8-12(2)5-4-6-19-12/h4-8H2,1-3H3,(H2,13,14,15). The summed E-state index contributed by atoms with van der Waals surface area (Å²) < 4.78 is 5.36. The highest BCUT2D eigenvalue weighted by Gasteiger charge is 2.29. The van der Waals surface area contributed by atoms with Crippen LogP contribution in [0.1, 0.15) is 31.5 Å². The Morgan fingerprint density at radius 1 is 1.53 bits per heavy atom. The third-order valence-corrected chi connectivity index (χ3v) is 4.67. The molecule has 0 bridgehead atoms. The number of guanidine groups is 1. The summed E-state index contributed by atoms with van der Waals surface area (Å²) in [6.45, 7) is 5.51. The largest absolute Gasteiger partial charge is 0.355 e. The van der Waals surface area contributed by atoms with Crippen molar-refractivity contribution < 1.29 is 4.52 Å². The fourth-order valence-corrected chi connectivity index (χ4v) is 3.28. The highest BCUT2D eigenvalue weighted by atomic mass is 32.2. The van der Waals surface area contributed by atoms with E-state index >= 15 is 0 Å². The quantitative estimate of drug-likeness (QED) is 0.641. The molecule has 1 atom stereocenters. The van der Waals surface area contributed by atoms with E-state index < -0.39 is 0 Å². The number of rotatable bonds is 4. The number of aliphatic imine (C=N–C) groups is 1. The van der Waals surface area contributed by atoms with Crippen molar-refractivity contribution in [3.8, 4) is 0 Å². The summed E-state index contributed by atoms with van der Waals surface area (Å²) in [4.78, 5) is 8.34. The summed E-state index contributed by atoms with van der Waals surface area (Å²) in [6, 6.07) is 0. The SMILES string of the molecule is CN=C(NCc1nc(C)no1)NCC1(C)CCCS1. The van der Waals surface area contributed by atoms with Crippen LogP contribution in [-0.2, 0) is 6.54 Å². The molecule has 7 heteroatoms. The van der Waals surface area contributed by atoms with Gasteiger partial charge < -0.3 is 15.2 Å². The van der Waals surface area contributed by atoms with Crippen LogP contribution in [0.15, 0.2) is 9.52 Å². The highest BCUT2D eigenvalue weighted by molar-refractivity contribution is 8.00. The molecule has 19 heavy (non-hydrogen) atoms. The lowest BCUT2D eigenvalue weighted by molar-refractivity contribution is 0.371. The molecule has 1 aliphatic rings. The third kappa shape index (κ3) is 4.12. The van der Waals surface area contributed by atoms with Crippen LogP contribution in [0.3, 0.4) is 0 Å². The minimum absolute atomic E-state index is 0.318. The molecule has 0 spiro atoms. The number of nitrogens with zero attached hydrogens (tertiary/aromatic N) is 3. The van der Waals surface area contributed by atoms with E-state index in [9.17, 15) is 0 Å². The predicted octanol–water partition coefficient (Wildman–Crippen LogP) is 1.33. The number of aryl methyl sites for hydroxylation is 1. The van der Waals surface area contributed by atoms with Gasteiger partial charge in [-0.25, -0.2) is 0 Å². The summed E-state index contributed by atoms with van der Waals surface area (Å²) in [5.74, 6) is 3.24. The van der Waals surface area contributed by atoms with Crippen LogP contribution in [0.5, 0.6) is 0 Å². The number of nitrogens with one attached hydrogen (secondary N) is 2. The topological polar surface area (TPSA) is 75.3 Å². The van der Waals surface area contributed by atoms with Crippen LogP contribution < -0.4 is 10.6 Å². The maximum atomic E-state index is 5.05. The Balaban J connectivity index is 1.77. The second-order valence-electron chi connectivity index (χ2n) is 4.92. The highest BCUT2D eigenvalue weighted by Crippen LogP contribution is 2.36. The summed E-state index contributed by atoms with van der Waals surface area (Å²) >= 11 is 2.03. The smallest absolute Gasteiger partial charge is 0.246 e. The fraction of sp³-hybridized carbons (Fsp3) is 0.750. The van der Waals surface area contributed by atoms with Crippen LogP contribution in [-0.4, -0.2) is 40.2 Å². The van der Waals surface area contributed by atoms with Crippen molar-refractivity contribution in [1.29, 1.82) is 0 Å². The third-order valence-electron chi connectivity index (χ3n) is 3.13. The normalized spacial score (nSPS) is 23.6. The zero-order chi connectivity index (χ0) is 13.7. The van der Waals surface area contributed by atoms with E-state index in [-0.39, 0.29) is 0 Å². The average molecular weight is 283 g/mol. The van der Waals surface area contributed by atoms with Gasteiger partial charge in [-0.3, -0.25) is 4.99 Å². The van der Waals surface area contributed by atoms with E-state index in [0.717, 1.165) is 12.5 Å². The molecule has 1 saturated heterocycles. The minimum Gasteiger partial charge on any atom is -0.355 e. The van der Waals surface area contributed by atoms with Crippen LogP contribution in [0, 0.1) is 6.92 Å². The van der Waals surface area contributed by atoms with Crippen molar-refractivity contribution in [1.82, 2.24) is 20.8 Å². The van der Waals surface area contributed by atoms with Crippen molar-refractivity contribution >= 4 is 17.7 Å². The van der Waals surface area contributed by atoms with Crippen molar-refractivity contribution in [2.75, 3.05) is 19.3 Å². The molecule has 1 fully saturated rings. The molecule has 1 unspecified atom stereocenters. The van der Waals surface area contributed by atoms with Gasteiger partial charge in [0.05, 0.1) is 6.54 Å². The summed E-state index contributed by atoms with van der Waals surface area (Å²) in [5.41, 5.74) is 0. The maximum Gasteiger partial charge on any atom is 0.246 e. The summed E-state index contributed by atoms with van der Waals surface area (Å²) in [5, 5.41) is 10.3. The van der Waals surface area contributed by atoms with Gasteiger partial charge in [-0.05, 0) is 32.4 Å². The van der Waals surface area contributed by atoms with Crippen molar-refractivity contribution in [3.63, 3.8) is 0 Å². The van der Waals surface area contributed by atoms with Crippen LogP contribution >= 0.6 is 11.8 Å². The fourth-order valence-electron chi connectivity index (χ4n) is 2.04. The monoisotopic (exact) mass is 283 g/mol. The second-order valence-corrected chi connectivity index (χ2v) is 6.60. The first-order valence-corrected chi connectivity index (χ1v) is 7.47. The molecule has 2 rings (SSSR count). The molecule has 0 amide bonds. The van der Waals surface area contributed by atoms with Gasteiger partial charge in [-0.2, -0.15) is 16.7 Å². The molecule has 2 heterocycles. The van der Waals surface area contributed by atoms with Crippen LogP contribution in [0.2, 0.25) is 0 Å². The zero-order valence-corrected chi connectivity index (χ0v) is 12.5. The predicted molar refractivity (Wildman–Crippen MR) is 77.3 cm³/mol. The minimum atomic E-state index is 0.318. The van der Waals surface area contributed by atoms with E-state index in [4.69, 9.17) is 4.52 Å². The van der Waals surface area contributed by atoms with Gasteiger partial charge in [0.25, 0.3) is 0 Å². The molecule has 0 radical (unpaired) electrons. The molecule has 106 valence electrons. The van der Waals surface area contributed by atoms with Gasteiger partial charge in [0.2, 0.25) is 5.89 Å². The van der Waals surface area contributed by atoms with Gasteiger partial charge in [0.15, 0.2) is 11.8 Å². The van der Waals surface area contributed by atoms with E-state index in [0.29, 0.717) is 23.0 Å². The Hall–Kier alpha value is -1.24. The molecule has 1 aliphatic heterocycles. The van der Waals surface area contributed by atoms with Gasteiger partial charge in [-0.15, -0.1) is 0 Å². The van der Waals surface area contributed by atoms with Gasteiger partial charge in [0, 0.05) is 18.3 Å². The van der Waals surface area contributed by atoms with E-state index in [2.05, 4.69) is 32.7 Å². The summed E-state index contributed by atoms with van der Waals surface area (Å²) in [7, 11) is 1.76. The first-order valence-electron chi connectivity index (χ1n) is 6.49. The van der Waals surface area contributed by atoms with Crippen molar-refractivity contribution in [2.45, 2.75) is 38.0 Å². The molecule has 0 saturated carbocycles. The molecule has 0 aromatic carbocycles. The molecule has 0 aliphatic carbocycles. The number of hydrogen-bond acceptors (Lipinski definition) is 5. The lowest BCUT2D eigenvalue weighted by Crippen LogP contribution is -2.43. The Morgan fingerprint density at radius 2 is 2.37 bits per heavy atom. The molecule has 1 aromatic rings. The average Bonchev–Trinajstić information content (AvgIpc) is 2.99. The number of aromatic nitrogens is 2. The lowest BCUT2D eigenvalue weighted by Gasteiger charge is -2.24. The maximum absolute atomic E-state index is 5.05. The molecule has 2 N–H and O–H groups in total. The van der Waals surface area contributed by atoms with Crippen molar-refractivity contribution in [3.05, 3.63) is 11.7 Å². The first kappa shape index (κ1) is 14.2. The lowest BCUT2D eigenvalue weighted by atomic mass is 10.1.